The largest absolute Gasteiger partial charge is 0.338 e. The summed E-state index contributed by atoms with van der Waals surface area (Å²) in [6.07, 6.45) is 0.973. The van der Waals surface area contributed by atoms with E-state index in [-0.39, 0.29) is 6.03 Å². The summed E-state index contributed by atoms with van der Waals surface area (Å²) >= 11 is 0. The molecule has 0 saturated carbocycles. The van der Waals surface area contributed by atoms with Gasteiger partial charge in [-0.25, -0.2) is 4.79 Å². The molecule has 138 valence electrons. The Morgan fingerprint density at radius 1 is 0.846 bits per heavy atom. The Bertz CT molecular complexity index is 654. The van der Waals surface area contributed by atoms with Gasteiger partial charge in [-0.15, -0.1) is 0 Å². The van der Waals surface area contributed by atoms with Crippen LogP contribution in [0.25, 0.3) is 0 Å². The second-order valence-electron chi connectivity index (χ2n) is 6.70. The minimum atomic E-state index is -0.135. The Kier molecular flexibility index (Phi) is 7.05. The van der Waals surface area contributed by atoms with Gasteiger partial charge in [0.15, 0.2) is 0 Å². The minimum absolute atomic E-state index is 0.135. The SMILES string of the molecule is O=C(NCCCN1CCN(Cc2ccccc2)CC1)Nc1ccccc1. The maximum absolute atomic E-state index is 11.8. The molecule has 1 heterocycles. The summed E-state index contributed by atoms with van der Waals surface area (Å²) in [5.74, 6) is 0. The van der Waals surface area contributed by atoms with Crippen molar-refractivity contribution in [3.05, 3.63) is 66.2 Å². The summed E-state index contributed by atoms with van der Waals surface area (Å²) in [6, 6.07) is 20.0. The topological polar surface area (TPSA) is 47.6 Å². The zero-order chi connectivity index (χ0) is 18.0. The smallest absolute Gasteiger partial charge is 0.319 e. The van der Waals surface area contributed by atoms with Crippen molar-refractivity contribution in [3.63, 3.8) is 0 Å². The molecule has 3 rings (SSSR count). The number of para-hydroxylation sites is 1. The van der Waals surface area contributed by atoms with Crippen molar-refractivity contribution in [3.8, 4) is 0 Å². The predicted molar refractivity (Wildman–Crippen MR) is 106 cm³/mol. The summed E-state index contributed by atoms with van der Waals surface area (Å²) in [6.45, 7) is 7.18. The molecule has 1 aliphatic heterocycles. The molecule has 2 N–H and O–H groups in total. The lowest BCUT2D eigenvalue weighted by Crippen LogP contribution is -2.46. The van der Waals surface area contributed by atoms with Crippen LogP contribution in [0.5, 0.6) is 0 Å². The number of hydrogen-bond acceptors (Lipinski definition) is 3. The number of nitrogens with zero attached hydrogens (tertiary/aromatic N) is 2. The number of hydrogen-bond donors (Lipinski definition) is 2. The van der Waals surface area contributed by atoms with Gasteiger partial charge in [0, 0.05) is 45.0 Å². The van der Waals surface area contributed by atoms with Gasteiger partial charge in [0.25, 0.3) is 0 Å². The normalized spacial score (nSPS) is 15.5. The number of carbonyl (C=O) groups excluding carboxylic acids is 1. The summed E-state index contributed by atoms with van der Waals surface area (Å²) < 4.78 is 0. The first-order chi connectivity index (χ1) is 12.8. The highest BCUT2D eigenvalue weighted by Gasteiger charge is 2.16. The van der Waals surface area contributed by atoms with Gasteiger partial charge in [0.1, 0.15) is 0 Å². The summed E-state index contributed by atoms with van der Waals surface area (Å²) in [7, 11) is 0. The summed E-state index contributed by atoms with van der Waals surface area (Å²) in [5, 5.41) is 5.76. The first-order valence-corrected chi connectivity index (χ1v) is 9.38. The first-order valence-electron chi connectivity index (χ1n) is 9.38. The number of nitrogens with one attached hydrogen (secondary N) is 2. The lowest BCUT2D eigenvalue weighted by Gasteiger charge is -2.34. The molecule has 1 fully saturated rings. The van der Waals surface area contributed by atoms with Gasteiger partial charge < -0.3 is 15.5 Å². The third kappa shape index (κ3) is 6.17. The van der Waals surface area contributed by atoms with Crippen LogP contribution in [0.15, 0.2) is 60.7 Å². The van der Waals surface area contributed by atoms with E-state index in [1.165, 1.54) is 5.56 Å². The van der Waals surface area contributed by atoms with Gasteiger partial charge in [-0.3, -0.25) is 4.90 Å². The highest BCUT2D eigenvalue weighted by atomic mass is 16.2. The van der Waals surface area contributed by atoms with Crippen LogP contribution in [0.2, 0.25) is 0 Å². The van der Waals surface area contributed by atoms with Gasteiger partial charge in [0.05, 0.1) is 0 Å². The molecular weight excluding hydrogens is 324 g/mol. The molecule has 0 radical (unpaired) electrons. The molecule has 0 bridgehead atoms. The second kappa shape index (κ2) is 9.94. The van der Waals surface area contributed by atoms with Crippen LogP contribution in [0.3, 0.4) is 0 Å². The maximum Gasteiger partial charge on any atom is 0.319 e. The molecule has 2 amide bonds. The number of piperazine rings is 1. The molecule has 0 aromatic heterocycles. The van der Waals surface area contributed by atoms with Crippen molar-refractivity contribution in [2.45, 2.75) is 13.0 Å². The lowest BCUT2D eigenvalue weighted by atomic mass is 10.2. The van der Waals surface area contributed by atoms with Gasteiger partial charge in [0.2, 0.25) is 0 Å². The van der Waals surface area contributed by atoms with E-state index in [1.54, 1.807) is 0 Å². The monoisotopic (exact) mass is 352 g/mol. The average molecular weight is 352 g/mol. The van der Waals surface area contributed by atoms with E-state index in [0.717, 1.165) is 51.4 Å². The average Bonchev–Trinajstić information content (AvgIpc) is 2.68. The predicted octanol–water partition coefficient (Wildman–Crippen LogP) is 3.02. The molecule has 5 nitrogen and oxygen atoms in total. The zero-order valence-corrected chi connectivity index (χ0v) is 15.2. The molecular formula is C21H28N4O. The molecule has 0 aliphatic carbocycles. The summed E-state index contributed by atoms with van der Waals surface area (Å²) in [4.78, 5) is 16.8. The van der Waals surface area contributed by atoms with Crippen LogP contribution in [-0.4, -0.2) is 55.1 Å². The Morgan fingerprint density at radius 2 is 1.46 bits per heavy atom. The van der Waals surface area contributed by atoms with Crippen molar-refractivity contribution in [2.75, 3.05) is 44.6 Å². The Hall–Kier alpha value is -2.37. The zero-order valence-electron chi connectivity index (χ0n) is 15.2. The Labute approximate surface area is 156 Å². The molecule has 26 heavy (non-hydrogen) atoms. The van der Waals surface area contributed by atoms with Gasteiger partial charge in [-0.1, -0.05) is 48.5 Å². The highest BCUT2D eigenvalue weighted by molar-refractivity contribution is 5.89. The third-order valence-corrected chi connectivity index (χ3v) is 4.68. The van der Waals surface area contributed by atoms with E-state index >= 15 is 0 Å². The first kappa shape index (κ1) is 18.4. The van der Waals surface area contributed by atoms with E-state index in [0.29, 0.717) is 6.54 Å². The van der Waals surface area contributed by atoms with Crippen LogP contribution in [0.4, 0.5) is 10.5 Å². The van der Waals surface area contributed by atoms with E-state index in [9.17, 15) is 4.79 Å². The minimum Gasteiger partial charge on any atom is -0.338 e. The van der Waals surface area contributed by atoms with Crippen molar-refractivity contribution in [2.24, 2.45) is 0 Å². The second-order valence-corrected chi connectivity index (χ2v) is 6.70. The molecule has 2 aromatic carbocycles. The van der Waals surface area contributed by atoms with Gasteiger partial charge in [-0.2, -0.15) is 0 Å². The maximum atomic E-state index is 11.8. The Morgan fingerprint density at radius 3 is 2.15 bits per heavy atom. The highest BCUT2D eigenvalue weighted by Crippen LogP contribution is 2.08. The fraction of sp³-hybridized carbons (Fsp3) is 0.381. The van der Waals surface area contributed by atoms with Crippen molar-refractivity contribution >= 4 is 11.7 Å². The van der Waals surface area contributed by atoms with E-state index < -0.39 is 0 Å². The van der Waals surface area contributed by atoms with Crippen LogP contribution in [0.1, 0.15) is 12.0 Å². The molecule has 1 saturated heterocycles. The van der Waals surface area contributed by atoms with Crippen molar-refractivity contribution in [1.29, 1.82) is 0 Å². The number of anilines is 1. The number of urea groups is 1. The molecule has 0 atom stereocenters. The number of amides is 2. The number of benzene rings is 2. The van der Waals surface area contributed by atoms with Gasteiger partial charge >= 0.3 is 6.03 Å². The van der Waals surface area contributed by atoms with Crippen LogP contribution >= 0.6 is 0 Å². The Balaban J connectivity index is 1.26. The molecule has 5 heteroatoms. The quantitative estimate of drug-likeness (QED) is 0.753. The number of carbonyl (C=O) groups is 1. The van der Waals surface area contributed by atoms with Gasteiger partial charge in [-0.05, 0) is 30.7 Å². The molecule has 0 unspecified atom stereocenters. The fourth-order valence-electron chi connectivity index (χ4n) is 3.21. The number of rotatable bonds is 7. The third-order valence-electron chi connectivity index (χ3n) is 4.68. The summed E-state index contributed by atoms with van der Waals surface area (Å²) in [5.41, 5.74) is 2.20. The molecule has 1 aliphatic rings. The van der Waals surface area contributed by atoms with Crippen LogP contribution in [-0.2, 0) is 6.54 Å². The van der Waals surface area contributed by atoms with Crippen molar-refractivity contribution in [1.82, 2.24) is 15.1 Å². The van der Waals surface area contributed by atoms with Crippen molar-refractivity contribution < 1.29 is 4.79 Å². The standard InChI is InChI=1S/C21H28N4O/c26-21(23-20-10-5-2-6-11-20)22-12-7-13-24-14-16-25(17-15-24)18-19-8-3-1-4-9-19/h1-6,8-11H,7,12-18H2,(H2,22,23,26). The van der Waals surface area contributed by atoms with Crippen LogP contribution < -0.4 is 10.6 Å². The molecule has 0 spiro atoms. The molecule has 2 aromatic rings. The van der Waals surface area contributed by atoms with E-state index in [4.69, 9.17) is 0 Å². The lowest BCUT2D eigenvalue weighted by molar-refractivity contribution is 0.126. The van der Waals surface area contributed by atoms with E-state index in [2.05, 4.69) is 50.8 Å². The van der Waals surface area contributed by atoms with Crippen LogP contribution in [0, 0.1) is 0 Å². The van der Waals surface area contributed by atoms with E-state index in [1.807, 2.05) is 30.3 Å². The fourth-order valence-corrected chi connectivity index (χ4v) is 3.21.